The van der Waals surface area contributed by atoms with Crippen molar-refractivity contribution in [2.45, 2.75) is 0 Å². The number of para-hydroxylation sites is 2. The second-order valence-corrected chi connectivity index (χ2v) is 10.8. The number of rotatable bonds is 4. The molecule has 0 radical (unpaired) electrons. The van der Waals surface area contributed by atoms with Crippen molar-refractivity contribution in [1.29, 1.82) is 5.26 Å². The maximum Gasteiger partial charge on any atom is 0.188 e. The van der Waals surface area contributed by atoms with E-state index in [1.54, 1.807) is 19.2 Å². The van der Waals surface area contributed by atoms with Crippen LogP contribution in [0.4, 0.5) is 5.69 Å². The molecule has 0 N–H and O–H groups in total. The molecule has 0 aliphatic carbocycles. The molecule has 0 aliphatic heterocycles. The highest BCUT2D eigenvalue weighted by molar-refractivity contribution is 6.12. The fourth-order valence-electron chi connectivity index (χ4n) is 6.45. The fourth-order valence-corrected chi connectivity index (χ4v) is 6.45. The normalized spacial score (nSPS) is 11.2. The maximum atomic E-state index is 10.0. The Morgan fingerprint density at radius 2 is 1.30 bits per heavy atom. The van der Waals surface area contributed by atoms with E-state index in [9.17, 15) is 5.26 Å². The van der Waals surface area contributed by atoms with Gasteiger partial charge in [-0.1, -0.05) is 60.7 Å². The molecule has 2 heterocycles. The van der Waals surface area contributed by atoms with Gasteiger partial charge >= 0.3 is 0 Å². The van der Waals surface area contributed by atoms with Crippen molar-refractivity contribution in [3.63, 3.8) is 0 Å². The van der Waals surface area contributed by atoms with Crippen LogP contribution in [0.1, 0.15) is 5.56 Å². The van der Waals surface area contributed by atoms with Crippen LogP contribution in [0, 0.1) is 17.9 Å². The summed E-state index contributed by atoms with van der Waals surface area (Å²) in [4.78, 5) is 3.53. The first-order chi connectivity index (χ1) is 21.7. The minimum absolute atomic E-state index is 0.443. The molecule has 44 heavy (non-hydrogen) atoms. The van der Waals surface area contributed by atoms with E-state index >= 15 is 0 Å². The van der Waals surface area contributed by atoms with Gasteiger partial charge in [-0.15, -0.1) is 0 Å². The summed E-state index contributed by atoms with van der Waals surface area (Å²) >= 11 is 0. The van der Waals surface area contributed by atoms with E-state index in [4.69, 9.17) is 11.3 Å². The third-order valence-electron chi connectivity index (χ3n) is 8.46. The first-order valence-electron chi connectivity index (χ1n) is 14.3. The molecule has 0 amide bonds. The van der Waals surface area contributed by atoms with E-state index in [-0.39, 0.29) is 0 Å². The Bertz CT molecular complexity index is 2510. The van der Waals surface area contributed by atoms with E-state index in [1.807, 2.05) is 30.3 Å². The third-order valence-corrected chi connectivity index (χ3v) is 8.46. The van der Waals surface area contributed by atoms with Crippen LogP contribution in [-0.4, -0.2) is 16.2 Å². The summed E-state index contributed by atoms with van der Waals surface area (Å²) in [6.45, 7) is 7.41. The zero-order valence-electron chi connectivity index (χ0n) is 23.8. The van der Waals surface area contributed by atoms with Crippen LogP contribution in [-0.2, 0) is 0 Å². The number of hydrogen-bond acceptors (Lipinski definition) is 2. The van der Waals surface area contributed by atoms with Crippen molar-refractivity contribution in [3.05, 3.63) is 144 Å². The van der Waals surface area contributed by atoms with Gasteiger partial charge in [-0.2, -0.15) is 5.26 Å². The first-order valence-corrected chi connectivity index (χ1v) is 14.3. The molecule has 206 valence electrons. The molecule has 0 spiro atoms. The molecule has 0 bridgehead atoms. The van der Waals surface area contributed by atoms with Crippen LogP contribution in [0.15, 0.2) is 127 Å². The van der Waals surface area contributed by atoms with Gasteiger partial charge in [-0.3, -0.25) is 0 Å². The zero-order valence-corrected chi connectivity index (χ0v) is 23.8. The summed E-state index contributed by atoms with van der Waals surface area (Å²) in [5, 5.41) is 14.5. The smallest absolute Gasteiger partial charge is 0.188 e. The second-order valence-electron chi connectivity index (χ2n) is 10.8. The first kappa shape index (κ1) is 25.4. The van der Waals surface area contributed by atoms with E-state index in [2.05, 4.69) is 105 Å². The number of nitrogens with zero attached hydrogens (tertiary/aromatic N) is 4. The largest absolute Gasteiger partial charge is 0.497 e. The highest BCUT2D eigenvalue weighted by Crippen LogP contribution is 2.39. The molecule has 0 saturated heterocycles. The van der Waals surface area contributed by atoms with Gasteiger partial charge in [0.15, 0.2) is 5.69 Å². The molecule has 0 fully saturated rings. The standard InChI is InChI=1S/C39H24N4O/c1-41-28-14-18-35(27(20-28)24-40)43-37-17-13-25(21-33(37)34-23-30(44-2)15-19-38(34)43)26-12-16-32-31-10-6-7-11-36(31)42(39(32)22-26)29-8-4-3-5-9-29/h3-23H,2H3. The maximum absolute atomic E-state index is 10.0. The number of aromatic nitrogens is 2. The second kappa shape index (κ2) is 9.91. The Morgan fingerprint density at radius 3 is 2.09 bits per heavy atom. The summed E-state index contributed by atoms with van der Waals surface area (Å²) in [6, 6.07) is 45.8. The summed E-state index contributed by atoms with van der Waals surface area (Å²) in [5.41, 5.74) is 9.23. The predicted octanol–water partition coefficient (Wildman–Crippen LogP) is 9.98. The Morgan fingerprint density at radius 1 is 0.614 bits per heavy atom. The zero-order chi connectivity index (χ0) is 29.8. The van der Waals surface area contributed by atoms with E-state index < -0.39 is 0 Å². The van der Waals surface area contributed by atoms with Gasteiger partial charge < -0.3 is 13.9 Å². The van der Waals surface area contributed by atoms with Crippen LogP contribution >= 0.6 is 0 Å². The van der Waals surface area contributed by atoms with Gasteiger partial charge in [-0.05, 0) is 77.9 Å². The highest BCUT2D eigenvalue weighted by Gasteiger charge is 2.18. The van der Waals surface area contributed by atoms with Gasteiger partial charge in [-0.25, -0.2) is 4.85 Å². The van der Waals surface area contributed by atoms with Crippen molar-refractivity contribution < 1.29 is 4.74 Å². The van der Waals surface area contributed by atoms with E-state index in [0.29, 0.717) is 11.3 Å². The number of methoxy groups -OCH3 is 1. The molecular formula is C39H24N4O. The van der Waals surface area contributed by atoms with Gasteiger partial charge in [0.2, 0.25) is 0 Å². The minimum Gasteiger partial charge on any atom is -0.497 e. The van der Waals surface area contributed by atoms with Crippen LogP contribution < -0.4 is 4.74 Å². The molecule has 2 aromatic heterocycles. The van der Waals surface area contributed by atoms with Gasteiger partial charge in [0.25, 0.3) is 0 Å². The molecular weight excluding hydrogens is 540 g/mol. The van der Waals surface area contributed by atoms with Crippen LogP contribution in [0.5, 0.6) is 5.75 Å². The van der Waals surface area contributed by atoms with E-state index in [0.717, 1.165) is 55.6 Å². The molecule has 8 rings (SSSR count). The van der Waals surface area contributed by atoms with Crippen LogP contribution in [0.3, 0.4) is 0 Å². The average molecular weight is 565 g/mol. The quantitative estimate of drug-likeness (QED) is 0.200. The summed E-state index contributed by atoms with van der Waals surface area (Å²) in [5.74, 6) is 0.764. The number of hydrogen-bond donors (Lipinski definition) is 0. The lowest BCUT2D eigenvalue weighted by molar-refractivity contribution is 0.415. The van der Waals surface area contributed by atoms with Crippen LogP contribution in [0.2, 0.25) is 0 Å². The number of fused-ring (bicyclic) bond motifs is 6. The highest BCUT2D eigenvalue weighted by atomic mass is 16.5. The molecule has 6 aromatic carbocycles. The van der Waals surface area contributed by atoms with Gasteiger partial charge in [0, 0.05) is 27.2 Å². The van der Waals surface area contributed by atoms with Gasteiger partial charge in [0.05, 0.1) is 53.1 Å². The van der Waals surface area contributed by atoms with Gasteiger partial charge in [0.1, 0.15) is 5.75 Å². The lowest BCUT2D eigenvalue weighted by Gasteiger charge is -2.11. The Balaban J connectivity index is 1.39. The molecule has 0 unspecified atom stereocenters. The molecule has 8 aromatic rings. The molecule has 0 saturated carbocycles. The Hall–Kier alpha value is -6.30. The summed E-state index contributed by atoms with van der Waals surface area (Å²) in [6.07, 6.45) is 0. The Kier molecular flexibility index (Phi) is 5.72. The fraction of sp³-hybridized carbons (Fsp3) is 0.0256. The molecule has 0 atom stereocenters. The van der Waals surface area contributed by atoms with Crippen molar-refractivity contribution in [2.75, 3.05) is 7.11 Å². The van der Waals surface area contributed by atoms with Crippen molar-refractivity contribution in [2.24, 2.45) is 0 Å². The summed E-state index contributed by atoms with van der Waals surface area (Å²) < 4.78 is 10.1. The lowest BCUT2D eigenvalue weighted by Crippen LogP contribution is -1.97. The SMILES string of the molecule is [C-]#[N+]c1ccc(-n2c3ccc(OC)cc3c3cc(-c4ccc5c6ccccc6n(-c6ccccc6)c5c4)ccc32)c(C#N)c1. The Labute approximate surface area is 253 Å². The third kappa shape index (κ3) is 3.78. The number of ether oxygens (including phenoxy) is 1. The molecule has 5 heteroatoms. The van der Waals surface area contributed by atoms with Crippen molar-refractivity contribution in [3.8, 4) is 34.3 Å². The van der Waals surface area contributed by atoms with Crippen LogP contribution in [0.25, 0.3) is 71.0 Å². The average Bonchev–Trinajstić information content (AvgIpc) is 3.59. The molecule has 5 nitrogen and oxygen atoms in total. The minimum atomic E-state index is 0.443. The van der Waals surface area contributed by atoms with Crippen molar-refractivity contribution >= 4 is 49.3 Å². The van der Waals surface area contributed by atoms with Crippen molar-refractivity contribution in [1.82, 2.24) is 9.13 Å². The summed E-state index contributed by atoms with van der Waals surface area (Å²) in [7, 11) is 1.67. The topological polar surface area (TPSA) is 47.2 Å². The molecule has 0 aliphatic rings. The monoisotopic (exact) mass is 564 g/mol. The van der Waals surface area contributed by atoms with E-state index in [1.165, 1.54) is 16.3 Å². The number of nitriles is 1. The predicted molar refractivity (Wildman–Crippen MR) is 178 cm³/mol. The lowest BCUT2D eigenvalue weighted by atomic mass is 10.0. The number of benzene rings is 6.